The fourth-order valence-corrected chi connectivity index (χ4v) is 4.04. The maximum absolute atomic E-state index is 13.1. The van der Waals surface area contributed by atoms with Gasteiger partial charge in [0.1, 0.15) is 5.76 Å². The van der Waals surface area contributed by atoms with Gasteiger partial charge >= 0.3 is 0 Å². The van der Waals surface area contributed by atoms with Crippen LogP contribution in [0.2, 0.25) is 0 Å². The highest BCUT2D eigenvalue weighted by atomic mass is 16.3. The molecule has 0 saturated carbocycles. The van der Waals surface area contributed by atoms with Gasteiger partial charge in [-0.2, -0.15) is 5.10 Å². The molecule has 1 aliphatic rings. The van der Waals surface area contributed by atoms with Gasteiger partial charge in [-0.3, -0.25) is 9.48 Å². The van der Waals surface area contributed by atoms with E-state index < -0.39 is 0 Å². The van der Waals surface area contributed by atoms with Gasteiger partial charge in [-0.05, 0) is 51.4 Å². The van der Waals surface area contributed by atoms with E-state index in [1.807, 2.05) is 23.9 Å². The normalized spacial score (nSPS) is 16.7. The molecule has 0 aliphatic heterocycles. The van der Waals surface area contributed by atoms with Gasteiger partial charge in [-0.15, -0.1) is 0 Å². The van der Waals surface area contributed by atoms with Crippen molar-refractivity contribution in [3.63, 3.8) is 0 Å². The highest BCUT2D eigenvalue weighted by Crippen LogP contribution is 2.28. The number of aromatic nitrogens is 2. The lowest BCUT2D eigenvalue weighted by Crippen LogP contribution is -2.39. The van der Waals surface area contributed by atoms with Crippen LogP contribution in [-0.2, 0) is 25.9 Å². The molecule has 1 aliphatic carbocycles. The number of rotatable bonds is 7. The third-order valence-electron chi connectivity index (χ3n) is 5.47. The maximum atomic E-state index is 13.1. The molecule has 2 aromatic heterocycles. The van der Waals surface area contributed by atoms with Gasteiger partial charge in [-0.1, -0.05) is 13.8 Å². The highest BCUT2D eigenvalue weighted by Gasteiger charge is 2.31. The van der Waals surface area contributed by atoms with E-state index in [1.54, 1.807) is 11.2 Å². The number of furan rings is 1. The highest BCUT2D eigenvalue weighted by molar-refractivity contribution is 5.94. The zero-order valence-electron chi connectivity index (χ0n) is 16.4. The van der Waals surface area contributed by atoms with Crippen LogP contribution in [-0.4, -0.2) is 51.7 Å². The van der Waals surface area contributed by atoms with Crippen molar-refractivity contribution in [2.75, 3.05) is 20.1 Å². The quantitative estimate of drug-likeness (QED) is 0.764. The van der Waals surface area contributed by atoms with Gasteiger partial charge in [0.25, 0.3) is 5.91 Å². The molecule has 142 valence electrons. The summed E-state index contributed by atoms with van der Waals surface area (Å²) in [5, 5.41) is 4.68. The minimum atomic E-state index is -0.0231. The first kappa shape index (κ1) is 18.7. The summed E-state index contributed by atoms with van der Waals surface area (Å²) in [7, 11) is 1.81. The number of amides is 1. The van der Waals surface area contributed by atoms with Crippen molar-refractivity contribution >= 4 is 5.91 Å². The van der Waals surface area contributed by atoms with Gasteiger partial charge in [0.05, 0.1) is 12.8 Å². The summed E-state index contributed by atoms with van der Waals surface area (Å²) in [5.74, 6) is 0.760. The molecule has 1 atom stereocenters. The van der Waals surface area contributed by atoms with E-state index in [4.69, 9.17) is 4.42 Å². The minimum Gasteiger partial charge on any atom is -0.467 e. The summed E-state index contributed by atoms with van der Waals surface area (Å²) in [6, 6.07) is 4.23. The molecule has 2 aromatic rings. The van der Waals surface area contributed by atoms with Gasteiger partial charge < -0.3 is 14.2 Å². The molecule has 0 unspecified atom stereocenters. The number of likely N-dealkylation sites (N-methyl/N-ethyl adjacent to an activating group) is 1. The van der Waals surface area contributed by atoms with E-state index in [2.05, 4.69) is 30.8 Å². The zero-order chi connectivity index (χ0) is 18.7. The van der Waals surface area contributed by atoms with E-state index in [1.165, 1.54) is 5.69 Å². The first-order chi connectivity index (χ1) is 12.6. The first-order valence-electron chi connectivity index (χ1n) is 9.69. The second-order valence-corrected chi connectivity index (χ2v) is 6.95. The van der Waals surface area contributed by atoms with E-state index in [0.29, 0.717) is 18.3 Å². The number of carbonyl (C=O) groups is 1. The molecule has 6 heteroatoms. The fourth-order valence-electron chi connectivity index (χ4n) is 4.04. The largest absolute Gasteiger partial charge is 0.467 e. The Morgan fingerprint density at radius 1 is 1.35 bits per heavy atom. The predicted molar refractivity (Wildman–Crippen MR) is 101 cm³/mol. The number of nitrogens with zero attached hydrogens (tertiary/aromatic N) is 4. The molecule has 0 saturated heterocycles. The van der Waals surface area contributed by atoms with Crippen LogP contribution in [0.15, 0.2) is 22.8 Å². The Labute approximate surface area is 155 Å². The summed E-state index contributed by atoms with van der Waals surface area (Å²) < 4.78 is 7.40. The molecule has 0 bridgehead atoms. The number of fused-ring (bicyclic) bond motifs is 1. The minimum absolute atomic E-state index is 0.0231. The van der Waals surface area contributed by atoms with Gasteiger partial charge in [0.15, 0.2) is 5.69 Å². The molecular formula is C20H30N4O2. The Balaban J connectivity index is 1.86. The van der Waals surface area contributed by atoms with Crippen molar-refractivity contribution in [3.8, 4) is 0 Å². The lowest BCUT2D eigenvalue weighted by atomic mass is 9.90. The van der Waals surface area contributed by atoms with Crippen molar-refractivity contribution in [1.82, 2.24) is 19.6 Å². The lowest BCUT2D eigenvalue weighted by Gasteiger charge is -2.33. The van der Waals surface area contributed by atoms with Crippen LogP contribution in [0.4, 0.5) is 0 Å². The third kappa shape index (κ3) is 3.56. The standard InChI is InChI=1S/C20H30N4O2/c1-5-23(6-2)15-10-11-18-17(13-15)19(21-24(18)7-3)20(25)22(4)14-16-9-8-12-26-16/h8-9,12,15H,5-7,10-11,13-14H2,1-4H3/t15-/m0/s1. The smallest absolute Gasteiger partial charge is 0.274 e. The van der Waals surface area contributed by atoms with Crippen molar-refractivity contribution in [2.45, 2.75) is 59.2 Å². The van der Waals surface area contributed by atoms with E-state index in [0.717, 1.165) is 50.2 Å². The van der Waals surface area contributed by atoms with Crippen LogP contribution in [0.25, 0.3) is 0 Å². The second kappa shape index (κ2) is 8.08. The summed E-state index contributed by atoms with van der Waals surface area (Å²) in [6.45, 7) is 9.84. The van der Waals surface area contributed by atoms with Crippen LogP contribution < -0.4 is 0 Å². The maximum Gasteiger partial charge on any atom is 0.274 e. The van der Waals surface area contributed by atoms with E-state index in [-0.39, 0.29) is 5.91 Å². The Hall–Kier alpha value is -2.08. The molecule has 6 nitrogen and oxygen atoms in total. The average molecular weight is 358 g/mol. The first-order valence-corrected chi connectivity index (χ1v) is 9.69. The fraction of sp³-hybridized carbons (Fsp3) is 0.600. The van der Waals surface area contributed by atoms with Crippen LogP contribution in [0.3, 0.4) is 0 Å². The number of aryl methyl sites for hydroxylation is 1. The van der Waals surface area contributed by atoms with Gasteiger partial charge in [-0.25, -0.2) is 0 Å². The molecule has 2 heterocycles. The van der Waals surface area contributed by atoms with Crippen LogP contribution in [0, 0.1) is 0 Å². The topological polar surface area (TPSA) is 54.5 Å². The summed E-state index contributed by atoms with van der Waals surface area (Å²) in [4.78, 5) is 17.3. The van der Waals surface area contributed by atoms with Crippen molar-refractivity contribution in [3.05, 3.63) is 41.1 Å². The van der Waals surface area contributed by atoms with Crippen LogP contribution in [0.1, 0.15) is 54.7 Å². The van der Waals surface area contributed by atoms with Gasteiger partial charge in [0.2, 0.25) is 0 Å². The summed E-state index contributed by atoms with van der Waals surface area (Å²) >= 11 is 0. The molecule has 0 spiro atoms. The molecule has 1 amide bonds. The van der Waals surface area contributed by atoms with Crippen LogP contribution >= 0.6 is 0 Å². The molecule has 0 N–H and O–H groups in total. The Morgan fingerprint density at radius 2 is 2.12 bits per heavy atom. The number of hydrogen-bond donors (Lipinski definition) is 0. The molecule has 0 fully saturated rings. The molecule has 3 rings (SSSR count). The summed E-state index contributed by atoms with van der Waals surface area (Å²) in [6.07, 6.45) is 4.67. The Bertz CT molecular complexity index is 731. The molecule has 26 heavy (non-hydrogen) atoms. The number of hydrogen-bond acceptors (Lipinski definition) is 4. The Morgan fingerprint density at radius 3 is 2.73 bits per heavy atom. The monoisotopic (exact) mass is 358 g/mol. The van der Waals surface area contributed by atoms with Gasteiger partial charge in [0, 0.05) is 30.9 Å². The zero-order valence-corrected chi connectivity index (χ0v) is 16.4. The molecular weight excluding hydrogens is 328 g/mol. The van der Waals surface area contributed by atoms with Crippen molar-refractivity contribution < 1.29 is 9.21 Å². The third-order valence-corrected chi connectivity index (χ3v) is 5.47. The predicted octanol–water partition coefficient (Wildman–Crippen LogP) is 2.97. The van der Waals surface area contributed by atoms with Crippen LogP contribution in [0.5, 0.6) is 0 Å². The van der Waals surface area contributed by atoms with E-state index >= 15 is 0 Å². The molecule has 0 aromatic carbocycles. The lowest BCUT2D eigenvalue weighted by molar-refractivity contribution is 0.0767. The van der Waals surface area contributed by atoms with Crippen molar-refractivity contribution in [1.29, 1.82) is 0 Å². The second-order valence-electron chi connectivity index (χ2n) is 6.95. The SMILES string of the molecule is CCN(CC)[C@H]1CCc2c(c(C(=O)N(C)Cc3ccco3)nn2CC)C1. The average Bonchev–Trinajstić information content (AvgIpc) is 3.29. The Kier molecular flexibility index (Phi) is 5.81. The van der Waals surface area contributed by atoms with E-state index in [9.17, 15) is 4.79 Å². The van der Waals surface area contributed by atoms with Crippen molar-refractivity contribution in [2.24, 2.45) is 0 Å². The number of carbonyl (C=O) groups excluding carboxylic acids is 1. The summed E-state index contributed by atoms with van der Waals surface area (Å²) in [5.41, 5.74) is 3.00. The molecule has 0 radical (unpaired) electrons.